The summed E-state index contributed by atoms with van der Waals surface area (Å²) in [5.74, 6) is 6.00. The SMILES string of the molecule is NNc1cccc(Oc2cc([N+](=O)[O-])ccc2Cl)n1. The molecular weight excluding hydrogens is 272 g/mol. The number of hydrazine groups is 1. The topological polar surface area (TPSA) is 103 Å². The average molecular weight is 281 g/mol. The van der Waals surface area contributed by atoms with Crippen molar-refractivity contribution in [2.75, 3.05) is 5.43 Å². The fourth-order valence-corrected chi connectivity index (χ4v) is 1.50. The molecule has 1 heterocycles. The summed E-state index contributed by atoms with van der Waals surface area (Å²) in [6, 6.07) is 8.80. The third kappa shape index (κ3) is 3.09. The van der Waals surface area contributed by atoms with Gasteiger partial charge >= 0.3 is 0 Å². The van der Waals surface area contributed by atoms with Gasteiger partial charge in [-0.25, -0.2) is 5.84 Å². The first-order valence-electron chi connectivity index (χ1n) is 5.15. The van der Waals surface area contributed by atoms with Crippen LogP contribution in [0.5, 0.6) is 11.6 Å². The summed E-state index contributed by atoms with van der Waals surface area (Å²) in [4.78, 5) is 14.2. The Morgan fingerprint density at radius 2 is 2.16 bits per heavy atom. The fourth-order valence-electron chi connectivity index (χ4n) is 1.35. The number of aromatic nitrogens is 1. The van der Waals surface area contributed by atoms with Crippen molar-refractivity contribution >= 4 is 23.1 Å². The summed E-state index contributed by atoms with van der Waals surface area (Å²) in [5, 5.41) is 10.9. The van der Waals surface area contributed by atoms with Gasteiger partial charge in [-0.2, -0.15) is 4.98 Å². The minimum atomic E-state index is -0.533. The van der Waals surface area contributed by atoms with Crippen LogP contribution in [0.15, 0.2) is 36.4 Å². The number of nitro benzene ring substituents is 1. The van der Waals surface area contributed by atoms with Crippen molar-refractivity contribution in [2.24, 2.45) is 5.84 Å². The second-order valence-electron chi connectivity index (χ2n) is 3.48. The quantitative estimate of drug-likeness (QED) is 0.507. The van der Waals surface area contributed by atoms with Crippen molar-refractivity contribution in [1.29, 1.82) is 0 Å². The number of non-ortho nitro benzene ring substituents is 1. The molecule has 1 aromatic heterocycles. The number of halogens is 1. The standard InChI is InChI=1S/C11H9ClN4O3/c12-8-5-4-7(16(17)18)6-9(8)19-11-3-1-2-10(14-11)15-13/h1-6H,13H2,(H,14,15). The third-order valence-corrected chi connectivity index (χ3v) is 2.52. The predicted octanol–water partition coefficient (Wildman–Crippen LogP) is 2.72. The fraction of sp³-hybridized carbons (Fsp3) is 0. The second-order valence-corrected chi connectivity index (χ2v) is 3.89. The Hall–Kier alpha value is -2.38. The number of rotatable bonds is 4. The zero-order chi connectivity index (χ0) is 13.8. The van der Waals surface area contributed by atoms with Crippen LogP contribution in [-0.4, -0.2) is 9.91 Å². The summed E-state index contributed by atoms with van der Waals surface area (Å²) >= 11 is 5.91. The number of nitrogens with two attached hydrogens (primary N) is 1. The maximum Gasteiger partial charge on any atom is 0.273 e. The highest BCUT2D eigenvalue weighted by Gasteiger charge is 2.12. The number of pyridine rings is 1. The van der Waals surface area contributed by atoms with Gasteiger partial charge in [0.2, 0.25) is 5.88 Å². The molecule has 0 atom stereocenters. The Bertz CT molecular complexity index is 621. The maximum atomic E-state index is 10.7. The second kappa shape index (κ2) is 5.51. The number of hydrogen-bond acceptors (Lipinski definition) is 6. The lowest BCUT2D eigenvalue weighted by molar-refractivity contribution is -0.384. The summed E-state index contributed by atoms with van der Waals surface area (Å²) in [6.45, 7) is 0. The van der Waals surface area contributed by atoms with E-state index in [1.165, 1.54) is 18.2 Å². The van der Waals surface area contributed by atoms with Crippen molar-refractivity contribution in [1.82, 2.24) is 4.98 Å². The molecule has 1 aromatic carbocycles. The van der Waals surface area contributed by atoms with Crippen molar-refractivity contribution in [3.8, 4) is 11.6 Å². The Kier molecular flexibility index (Phi) is 3.79. The van der Waals surface area contributed by atoms with Crippen molar-refractivity contribution in [2.45, 2.75) is 0 Å². The van der Waals surface area contributed by atoms with Crippen molar-refractivity contribution in [3.63, 3.8) is 0 Å². The molecule has 19 heavy (non-hydrogen) atoms. The van der Waals surface area contributed by atoms with Crippen LogP contribution in [-0.2, 0) is 0 Å². The van der Waals surface area contributed by atoms with Gasteiger partial charge in [0.25, 0.3) is 5.69 Å². The van der Waals surface area contributed by atoms with E-state index in [0.29, 0.717) is 5.82 Å². The smallest absolute Gasteiger partial charge is 0.273 e. The molecule has 98 valence electrons. The first-order chi connectivity index (χ1) is 9.10. The van der Waals surface area contributed by atoms with E-state index in [-0.39, 0.29) is 22.3 Å². The zero-order valence-corrected chi connectivity index (χ0v) is 10.3. The van der Waals surface area contributed by atoms with Crippen LogP contribution in [0.1, 0.15) is 0 Å². The van der Waals surface area contributed by atoms with Gasteiger partial charge in [-0.05, 0) is 12.1 Å². The van der Waals surface area contributed by atoms with Gasteiger partial charge in [-0.1, -0.05) is 17.7 Å². The molecule has 0 aliphatic carbocycles. The first kappa shape index (κ1) is 13.1. The highest BCUT2D eigenvalue weighted by Crippen LogP contribution is 2.32. The average Bonchev–Trinajstić information content (AvgIpc) is 2.41. The number of benzene rings is 1. The molecule has 8 heteroatoms. The Balaban J connectivity index is 2.31. The van der Waals surface area contributed by atoms with E-state index in [1.54, 1.807) is 18.2 Å². The lowest BCUT2D eigenvalue weighted by atomic mass is 10.3. The Labute approximate surface area is 113 Å². The van der Waals surface area contributed by atoms with Gasteiger partial charge in [0.05, 0.1) is 16.0 Å². The third-order valence-electron chi connectivity index (χ3n) is 2.21. The van der Waals surface area contributed by atoms with Crippen LogP contribution in [0, 0.1) is 10.1 Å². The number of nitro groups is 1. The Morgan fingerprint density at radius 3 is 2.84 bits per heavy atom. The van der Waals surface area contributed by atoms with Gasteiger partial charge in [-0.15, -0.1) is 0 Å². The highest BCUT2D eigenvalue weighted by molar-refractivity contribution is 6.32. The van der Waals surface area contributed by atoms with Crippen LogP contribution in [0.2, 0.25) is 5.02 Å². The molecule has 0 unspecified atom stereocenters. The highest BCUT2D eigenvalue weighted by atomic mass is 35.5. The zero-order valence-electron chi connectivity index (χ0n) is 9.54. The van der Waals surface area contributed by atoms with E-state index in [2.05, 4.69) is 10.4 Å². The van der Waals surface area contributed by atoms with Gasteiger partial charge < -0.3 is 10.2 Å². The van der Waals surface area contributed by atoms with E-state index < -0.39 is 4.92 Å². The van der Waals surface area contributed by atoms with E-state index in [1.807, 2.05) is 0 Å². The summed E-state index contributed by atoms with van der Waals surface area (Å²) in [7, 11) is 0. The van der Waals surface area contributed by atoms with Gasteiger partial charge in [0, 0.05) is 12.1 Å². The monoisotopic (exact) mass is 280 g/mol. The summed E-state index contributed by atoms with van der Waals surface area (Å²) in [6.07, 6.45) is 0. The minimum Gasteiger partial charge on any atom is -0.437 e. The van der Waals surface area contributed by atoms with E-state index in [0.717, 1.165) is 0 Å². The van der Waals surface area contributed by atoms with Crippen LogP contribution >= 0.6 is 11.6 Å². The number of hydrogen-bond donors (Lipinski definition) is 2. The lowest BCUT2D eigenvalue weighted by Gasteiger charge is -2.07. The van der Waals surface area contributed by atoms with Crippen molar-refractivity contribution in [3.05, 3.63) is 51.5 Å². The number of anilines is 1. The minimum absolute atomic E-state index is 0.118. The van der Waals surface area contributed by atoms with Crippen LogP contribution < -0.4 is 16.0 Å². The van der Waals surface area contributed by atoms with Crippen LogP contribution in [0.25, 0.3) is 0 Å². The van der Waals surface area contributed by atoms with E-state index in [4.69, 9.17) is 22.2 Å². The molecule has 0 amide bonds. The number of nitrogen functional groups attached to an aromatic ring is 1. The van der Waals surface area contributed by atoms with Gasteiger partial charge in [0.1, 0.15) is 5.82 Å². The largest absolute Gasteiger partial charge is 0.437 e. The Morgan fingerprint density at radius 1 is 1.37 bits per heavy atom. The molecule has 2 aromatic rings. The molecule has 7 nitrogen and oxygen atoms in total. The lowest BCUT2D eigenvalue weighted by Crippen LogP contribution is -2.08. The molecule has 2 rings (SSSR count). The van der Waals surface area contributed by atoms with Gasteiger partial charge in [-0.3, -0.25) is 10.1 Å². The molecule has 0 saturated carbocycles. The molecule has 3 N–H and O–H groups in total. The molecule has 0 aliphatic rings. The molecule has 0 saturated heterocycles. The van der Waals surface area contributed by atoms with E-state index >= 15 is 0 Å². The van der Waals surface area contributed by atoms with Crippen LogP contribution in [0.4, 0.5) is 11.5 Å². The molecular formula is C11H9ClN4O3. The van der Waals surface area contributed by atoms with Crippen molar-refractivity contribution < 1.29 is 9.66 Å². The number of nitrogens with zero attached hydrogens (tertiary/aromatic N) is 2. The normalized spacial score (nSPS) is 10.0. The molecule has 0 bridgehead atoms. The number of ether oxygens (including phenoxy) is 1. The molecule has 0 aliphatic heterocycles. The number of nitrogens with one attached hydrogen (secondary N) is 1. The maximum absolute atomic E-state index is 10.7. The predicted molar refractivity (Wildman–Crippen MR) is 70.2 cm³/mol. The molecule has 0 radical (unpaired) electrons. The van der Waals surface area contributed by atoms with Gasteiger partial charge in [0.15, 0.2) is 5.75 Å². The first-order valence-corrected chi connectivity index (χ1v) is 5.53. The summed E-state index contributed by atoms with van der Waals surface area (Å²) in [5.41, 5.74) is 2.25. The molecule has 0 spiro atoms. The van der Waals surface area contributed by atoms with Crippen LogP contribution in [0.3, 0.4) is 0 Å². The summed E-state index contributed by atoms with van der Waals surface area (Å²) < 4.78 is 5.40. The molecule has 0 fully saturated rings. The van der Waals surface area contributed by atoms with E-state index in [9.17, 15) is 10.1 Å².